The number of piperazine rings is 1. The number of sulfonamides is 1. The largest absolute Gasteiger partial charge is 0.476 e. The van der Waals surface area contributed by atoms with E-state index in [1.165, 1.54) is 22.8 Å². The third-order valence-corrected chi connectivity index (χ3v) is 8.76. The Bertz CT molecular complexity index is 1490. The highest BCUT2D eigenvalue weighted by Crippen LogP contribution is 2.28. The van der Waals surface area contributed by atoms with Crippen molar-refractivity contribution in [2.45, 2.75) is 38.5 Å². The van der Waals surface area contributed by atoms with Crippen molar-refractivity contribution in [2.75, 3.05) is 44.6 Å². The van der Waals surface area contributed by atoms with Crippen LogP contribution in [0.4, 0.5) is 5.69 Å². The van der Waals surface area contributed by atoms with Crippen LogP contribution in [0.25, 0.3) is 0 Å². The molecule has 0 spiro atoms. The predicted octanol–water partition coefficient (Wildman–Crippen LogP) is 0.768. The molecule has 15 heteroatoms. The highest BCUT2D eigenvalue weighted by atomic mass is 32.2. The van der Waals surface area contributed by atoms with Gasteiger partial charge < -0.3 is 25.3 Å². The number of carbonyl (C=O) groups excluding carboxylic acids is 2. The number of amides is 2. The van der Waals surface area contributed by atoms with E-state index in [9.17, 15) is 18.0 Å². The van der Waals surface area contributed by atoms with Crippen LogP contribution in [0, 0.1) is 0 Å². The maximum Gasteiger partial charge on any atom is 0.274 e. The first-order chi connectivity index (χ1) is 19.1. The molecule has 3 aromatic heterocycles. The van der Waals surface area contributed by atoms with Gasteiger partial charge in [-0.05, 0) is 26.0 Å². The zero-order valence-corrected chi connectivity index (χ0v) is 23.9. The van der Waals surface area contributed by atoms with Gasteiger partial charge in [-0.3, -0.25) is 14.7 Å². The normalized spacial score (nSPS) is 14.8. The van der Waals surface area contributed by atoms with Crippen LogP contribution >= 0.6 is 0 Å². The van der Waals surface area contributed by atoms with Gasteiger partial charge in [0.05, 0.1) is 24.7 Å². The van der Waals surface area contributed by atoms with Gasteiger partial charge in [-0.25, -0.2) is 18.4 Å². The second-order valence-electron chi connectivity index (χ2n) is 9.30. The van der Waals surface area contributed by atoms with Crippen molar-refractivity contribution in [3.8, 4) is 5.88 Å². The van der Waals surface area contributed by atoms with E-state index in [1.807, 2.05) is 13.8 Å². The number of aromatic amines is 1. The number of likely N-dealkylation sites (N-methyl/N-ethyl adjacent to an activating group) is 1. The van der Waals surface area contributed by atoms with Crippen LogP contribution in [0.1, 0.15) is 58.8 Å². The number of nitrogens with two attached hydrogens (primary N) is 1. The molecule has 0 atom stereocenters. The molecular formula is C25H35N9O5S. The number of nitrogens with one attached hydrogen (secondary N) is 2. The molecule has 0 saturated carbocycles. The quantitative estimate of drug-likeness (QED) is 0.298. The molecule has 1 fully saturated rings. The molecule has 40 heavy (non-hydrogen) atoms. The Kier molecular flexibility index (Phi) is 8.85. The van der Waals surface area contributed by atoms with E-state index in [4.69, 9.17) is 10.5 Å². The van der Waals surface area contributed by atoms with E-state index < -0.39 is 21.8 Å². The van der Waals surface area contributed by atoms with Crippen LogP contribution in [-0.4, -0.2) is 93.5 Å². The van der Waals surface area contributed by atoms with E-state index in [-0.39, 0.29) is 40.9 Å². The monoisotopic (exact) mass is 573 g/mol. The van der Waals surface area contributed by atoms with E-state index in [0.29, 0.717) is 49.7 Å². The Morgan fingerprint density at radius 3 is 2.50 bits per heavy atom. The maximum absolute atomic E-state index is 13.6. The van der Waals surface area contributed by atoms with Crippen LogP contribution in [0.3, 0.4) is 0 Å². The third kappa shape index (κ3) is 5.85. The van der Waals surface area contributed by atoms with E-state index in [2.05, 4.69) is 30.4 Å². The van der Waals surface area contributed by atoms with Crippen LogP contribution in [-0.2, 0) is 29.9 Å². The number of anilines is 1. The molecule has 4 N–H and O–H groups in total. The number of hydrogen-bond donors (Lipinski definition) is 3. The lowest BCUT2D eigenvalue weighted by atomic mass is 10.1. The lowest BCUT2D eigenvalue weighted by molar-refractivity contribution is 0.0991. The molecule has 4 heterocycles. The Morgan fingerprint density at radius 2 is 1.88 bits per heavy atom. The van der Waals surface area contributed by atoms with Crippen LogP contribution < -0.4 is 15.8 Å². The summed E-state index contributed by atoms with van der Waals surface area (Å²) in [7, 11) is -2.14. The summed E-state index contributed by atoms with van der Waals surface area (Å²) in [6.07, 6.45) is 3.42. The number of hydrogen-bond acceptors (Lipinski definition) is 9. The smallest absolute Gasteiger partial charge is 0.274 e. The number of primary amides is 1. The summed E-state index contributed by atoms with van der Waals surface area (Å²) in [5.41, 5.74) is 7.10. The SMILES string of the molecule is CCOc1ncc(S(=O)(=O)N2CCN(CC)CC2)cc1NC(=O)c1c(CC)nc(Cc2cn[nH]c2C(N)=O)n1C. The Balaban J connectivity index is 1.63. The Morgan fingerprint density at radius 1 is 1.15 bits per heavy atom. The summed E-state index contributed by atoms with van der Waals surface area (Å²) < 4.78 is 35.5. The highest BCUT2D eigenvalue weighted by Gasteiger charge is 2.30. The molecule has 2 amide bonds. The number of aromatic nitrogens is 5. The summed E-state index contributed by atoms with van der Waals surface area (Å²) in [5.74, 6) is -0.519. The average molecular weight is 574 g/mol. The molecule has 14 nitrogen and oxygen atoms in total. The number of H-pyrrole nitrogens is 1. The van der Waals surface area contributed by atoms with Crippen LogP contribution in [0.15, 0.2) is 23.4 Å². The highest BCUT2D eigenvalue weighted by molar-refractivity contribution is 7.89. The van der Waals surface area contributed by atoms with Crippen molar-refractivity contribution in [1.82, 2.24) is 33.9 Å². The molecular weight excluding hydrogens is 538 g/mol. The van der Waals surface area contributed by atoms with Crippen molar-refractivity contribution < 1.29 is 22.7 Å². The molecule has 1 aliphatic heterocycles. The van der Waals surface area contributed by atoms with Crippen molar-refractivity contribution >= 4 is 27.5 Å². The first kappa shape index (κ1) is 29.2. The molecule has 0 aliphatic carbocycles. The lowest BCUT2D eigenvalue weighted by Crippen LogP contribution is -2.48. The number of aryl methyl sites for hydroxylation is 1. The molecule has 0 bridgehead atoms. The van der Waals surface area contributed by atoms with Crippen molar-refractivity contribution in [1.29, 1.82) is 0 Å². The maximum atomic E-state index is 13.6. The summed E-state index contributed by atoms with van der Waals surface area (Å²) in [6.45, 7) is 8.84. The number of carbonyl (C=O) groups is 2. The van der Waals surface area contributed by atoms with E-state index in [1.54, 1.807) is 18.5 Å². The minimum atomic E-state index is -3.83. The average Bonchev–Trinajstić information content (AvgIpc) is 3.54. The molecule has 0 aromatic carbocycles. The number of pyridine rings is 1. The fourth-order valence-corrected chi connectivity index (χ4v) is 6.05. The minimum Gasteiger partial charge on any atom is -0.476 e. The number of ether oxygens (including phenoxy) is 1. The third-order valence-electron chi connectivity index (χ3n) is 6.89. The van der Waals surface area contributed by atoms with Gasteiger partial charge in [-0.1, -0.05) is 13.8 Å². The molecule has 1 saturated heterocycles. The summed E-state index contributed by atoms with van der Waals surface area (Å²) in [5, 5.41) is 9.26. The van der Waals surface area contributed by atoms with Gasteiger partial charge in [-0.15, -0.1) is 0 Å². The summed E-state index contributed by atoms with van der Waals surface area (Å²) in [4.78, 5) is 36.3. The predicted molar refractivity (Wildman–Crippen MR) is 147 cm³/mol. The molecule has 0 radical (unpaired) electrons. The fourth-order valence-electron chi connectivity index (χ4n) is 4.66. The van der Waals surface area contributed by atoms with Crippen LogP contribution in [0.2, 0.25) is 0 Å². The first-order valence-corrected chi connectivity index (χ1v) is 14.6. The standard InChI is InChI=1S/C25H35N9O5S/c1-5-18-22(32(4)20(29-18)12-16-14-28-31-21(16)23(26)35)24(36)30-19-13-17(15-27-25(19)39-7-3)40(37,38)34-10-8-33(6-2)9-11-34/h13-15H,5-12H2,1-4H3,(H2,26,35)(H,28,31)(H,30,36). The Labute approximate surface area is 233 Å². The number of rotatable bonds is 11. The second kappa shape index (κ2) is 12.1. The van der Waals surface area contributed by atoms with Gasteiger partial charge in [0, 0.05) is 45.2 Å². The second-order valence-corrected chi connectivity index (χ2v) is 11.2. The minimum absolute atomic E-state index is 0.0310. The van der Waals surface area contributed by atoms with Gasteiger partial charge in [0.25, 0.3) is 11.8 Å². The molecule has 4 rings (SSSR count). The molecule has 0 unspecified atom stereocenters. The van der Waals surface area contributed by atoms with Gasteiger partial charge in [0.2, 0.25) is 15.9 Å². The lowest BCUT2D eigenvalue weighted by Gasteiger charge is -2.33. The van der Waals surface area contributed by atoms with Gasteiger partial charge in [0.15, 0.2) is 0 Å². The zero-order chi connectivity index (χ0) is 29.0. The van der Waals surface area contributed by atoms with Crippen molar-refractivity contribution in [3.05, 3.63) is 46.9 Å². The topological polar surface area (TPSA) is 181 Å². The van der Waals surface area contributed by atoms with Gasteiger partial charge in [-0.2, -0.15) is 9.40 Å². The van der Waals surface area contributed by atoms with E-state index >= 15 is 0 Å². The summed E-state index contributed by atoms with van der Waals surface area (Å²) >= 11 is 0. The zero-order valence-electron chi connectivity index (χ0n) is 23.1. The number of nitrogens with zero attached hydrogens (tertiary/aromatic N) is 6. The van der Waals surface area contributed by atoms with E-state index in [0.717, 1.165) is 6.54 Å². The van der Waals surface area contributed by atoms with Crippen LogP contribution in [0.5, 0.6) is 5.88 Å². The molecule has 3 aromatic rings. The van der Waals surface area contributed by atoms with Gasteiger partial charge >= 0.3 is 0 Å². The summed E-state index contributed by atoms with van der Waals surface area (Å²) in [6, 6.07) is 1.38. The van der Waals surface area contributed by atoms with Crippen molar-refractivity contribution in [3.63, 3.8) is 0 Å². The molecule has 216 valence electrons. The number of imidazole rings is 1. The molecule has 1 aliphatic rings. The Hall–Kier alpha value is -3.82. The first-order valence-electron chi connectivity index (χ1n) is 13.1. The van der Waals surface area contributed by atoms with Crippen molar-refractivity contribution in [2.24, 2.45) is 12.8 Å². The van der Waals surface area contributed by atoms with Gasteiger partial charge in [0.1, 0.15) is 27.8 Å². The fraction of sp³-hybridized carbons (Fsp3) is 0.480.